The van der Waals surface area contributed by atoms with E-state index in [2.05, 4.69) is 4.74 Å². The number of carboxylic acid groups (broad SMARTS) is 1. The third kappa shape index (κ3) is 3.44. The van der Waals surface area contributed by atoms with Crippen LogP contribution >= 0.6 is 0 Å². The van der Waals surface area contributed by atoms with Gasteiger partial charge in [-0.2, -0.15) is 0 Å². The van der Waals surface area contributed by atoms with Gasteiger partial charge in [-0.15, -0.1) is 0 Å². The van der Waals surface area contributed by atoms with Crippen molar-refractivity contribution in [2.24, 2.45) is 0 Å². The first kappa shape index (κ1) is 15.9. The number of nitrogens with zero attached hydrogens (tertiary/aromatic N) is 1. The average molecular weight is 303 g/mol. The third-order valence-corrected chi connectivity index (χ3v) is 4.92. The van der Waals surface area contributed by atoms with Crippen molar-refractivity contribution in [3.05, 3.63) is 33.9 Å². The molecule has 8 nitrogen and oxygen atoms in total. The lowest BCUT2D eigenvalue weighted by molar-refractivity contribution is -0.384. The molecule has 0 amide bonds. The summed E-state index contributed by atoms with van der Waals surface area (Å²) in [5.41, 5.74) is -0.389. The zero-order valence-corrected chi connectivity index (χ0v) is 11.6. The summed E-state index contributed by atoms with van der Waals surface area (Å²) in [6, 6.07) is 3.13. The number of hydrogen-bond acceptors (Lipinski definition) is 6. The van der Waals surface area contributed by atoms with E-state index in [1.165, 1.54) is 13.8 Å². The first-order valence-corrected chi connectivity index (χ1v) is 7.31. The van der Waals surface area contributed by atoms with Crippen molar-refractivity contribution in [2.75, 3.05) is 5.75 Å². The highest BCUT2D eigenvalue weighted by Crippen LogP contribution is 2.34. The fourth-order valence-electron chi connectivity index (χ4n) is 1.60. The van der Waals surface area contributed by atoms with E-state index in [-0.39, 0.29) is 22.8 Å². The lowest BCUT2D eigenvalue weighted by atomic mass is 10.1. The molecule has 9 heteroatoms. The van der Waals surface area contributed by atoms with Crippen LogP contribution in [0.15, 0.2) is 18.2 Å². The molecule has 0 spiro atoms. The topological polar surface area (TPSA) is 124 Å². The number of hydrogen-bond donors (Lipinski definition) is 1. The van der Waals surface area contributed by atoms with Crippen LogP contribution in [0.3, 0.4) is 0 Å². The van der Waals surface area contributed by atoms with Crippen LogP contribution in [0.5, 0.6) is 5.75 Å². The van der Waals surface area contributed by atoms with Crippen molar-refractivity contribution in [3.63, 3.8) is 0 Å². The van der Waals surface area contributed by atoms with E-state index in [9.17, 15) is 23.3 Å². The molecule has 1 N–H and O–H groups in total. The van der Waals surface area contributed by atoms with Gasteiger partial charge in [0.05, 0.1) is 10.2 Å². The van der Waals surface area contributed by atoms with Crippen LogP contribution in [0, 0.1) is 10.1 Å². The number of carbonyl (C=O) groups is 1. The molecule has 1 unspecified atom stereocenters. The fourth-order valence-corrected chi connectivity index (χ4v) is 2.67. The monoisotopic (exact) mass is 303 g/mol. The summed E-state index contributed by atoms with van der Waals surface area (Å²) in [5, 5.41) is 18.2. The number of nitro benzene ring substituents is 1. The summed E-state index contributed by atoms with van der Waals surface area (Å²) in [4.78, 5) is 20.6. The molecule has 0 radical (unpaired) electrons. The fraction of sp³-hybridized carbons (Fsp3) is 0.364. The highest BCUT2D eigenvalue weighted by molar-refractivity contribution is 7.91. The molecule has 0 aliphatic heterocycles. The van der Waals surface area contributed by atoms with Crippen LogP contribution in [0.25, 0.3) is 0 Å². The summed E-state index contributed by atoms with van der Waals surface area (Å²) in [6.07, 6.45) is -1.62. The van der Waals surface area contributed by atoms with E-state index in [1.807, 2.05) is 0 Å². The van der Waals surface area contributed by atoms with Crippen LogP contribution in [-0.2, 0) is 9.84 Å². The van der Waals surface area contributed by atoms with E-state index < -0.39 is 26.2 Å². The summed E-state index contributed by atoms with van der Waals surface area (Å²) in [6.45, 7) is 2.76. The Morgan fingerprint density at radius 2 is 2.10 bits per heavy atom. The second-order valence-electron chi connectivity index (χ2n) is 3.94. The molecule has 0 aromatic heterocycles. The quantitative estimate of drug-likeness (QED) is 0.382. The van der Waals surface area contributed by atoms with Gasteiger partial charge in [0, 0.05) is 23.4 Å². The zero-order chi connectivity index (χ0) is 15.5. The van der Waals surface area contributed by atoms with E-state index >= 15 is 0 Å². The molecule has 0 heterocycles. The van der Waals surface area contributed by atoms with Gasteiger partial charge < -0.3 is 9.84 Å². The van der Waals surface area contributed by atoms with E-state index in [0.29, 0.717) is 0 Å². The molecular formula is C11H13NO7S. The molecule has 1 rings (SSSR count). The lowest BCUT2D eigenvalue weighted by Gasteiger charge is -2.15. The van der Waals surface area contributed by atoms with Crippen LogP contribution in [0.2, 0.25) is 0 Å². The van der Waals surface area contributed by atoms with Gasteiger partial charge in [0.1, 0.15) is 5.75 Å². The van der Waals surface area contributed by atoms with Gasteiger partial charge in [-0.05, 0) is 13.0 Å². The molecule has 0 aliphatic carbocycles. The molecule has 110 valence electrons. The smallest absolute Gasteiger partial charge is 0.449 e. The third-order valence-electron chi connectivity index (χ3n) is 2.78. The van der Waals surface area contributed by atoms with Crippen LogP contribution in [0.1, 0.15) is 24.7 Å². The van der Waals surface area contributed by atoms with Crippen molar-refractivity contribution >= 4 is 21.7 Å². The number of rotatable bonds is 5. The first-order valence-electron chi connectivity index (χ1n) is 5.59. The normalized spacial score (nSPS) is 12.7. The van der Waals surface area contributed by atoms with Gasteiger partial charge in [0.15, 0.2) is 9.84 Å². The molecule has 1 atom stereocenters. The minimum Gasteiger partial charge on any atom is -0.449 e. The molecule has 1 aromatic carbocycles. The van der Waals surface area contributed by atoms with E-state index in [0.717, 1.165) is 18.2 Å². The van der Waals surface area contributed by atoms with Gasteiger partial charge in [-0.1, -0.05) is 6.92 Å². The molecule has 0 aliphatic rings. The Hall–Kier alpha value is -2.16. The van der Waals surface area contributed by atoms with Crippen molar-refractivity contribution in [1.29, 1.82) is 0 Å². The molecular weight excluding hydrogens is 290 g/mol. The number of sulfone groups is 1. The van der Waals surface area contributed by atoms with E-state index in [1.54, 1.807) is 0 Å². The summed E-state index contributed by atoms with van der Waals surface area (Å²) < 4.78 is 28.2. The average Bonchev–Trinajstić information content (AvgIpc) is 2.37. The standard InChI is InChI=1S/C11H13NO7S/c1-3-20(17,18)7(2)9-6-8(12(15)16)4-5-10(9)19-11(13)14/h4-7H,3H2,1-2H3,(H,13,14). The Labute approximate surface area is 115 Å². The minimum absolute atomic E-state index is 0.0524. The second-order valence-corrected chi connectivity index (χ2v) is 6.55. The number of benzene rings is 1. The molecule has 0 saturated carbocycles. The molecule has 0 bridgehead atoms. The molecule has 0 saturated heterocycles. The predicted octanol–water partition coefficient (Wildman–Crippen LogP) is 2.15. The van der Waals surface area contributed by atoms with Crippen molar-refractivity contribution < 1.29 is 28.0 Å². The zero-order valence-electron chi connectivity index (χ0n) is 10.8. The van der Waals surface area contributed by atoms with Gasteiger partial charge >= 0.3 is 6.16 Å². The van der Waals surface area contributed by atoms with Gasteiger partial charge in [0.25, 0.3) is 5.69 Å². The number of nitro groups is 1. The largest absolute Gasteiger partial charge is 0.511 e. The van der Waals surface area contributed by atoms with Crippen LogP contribution in [0.4, 0.5) is 10.5 Å². The van der Waals surface area contributed by atoms with Gasteiger partial charge in [-0.3, -0.25) is 10.1 Å². The summed E-state index contributed by atoms with van der Waals surface area (Å²) in [5.74, 6) is -0.406. The highest BCUT2D eigenvalue weighted by atomic mass is 32.2. The van der Waals surface area contributed by atoms with Gasteiger partial charge in [-0.25, -0.2) is 13.2 Å². The predicted molar refractivity (Wildman–Crippen MR) is 69.6 cm³/mol. The Balaban J connectivity index is 3.42. The Morgan fingerprint density at radius 1 is 1.50 bits per heavy atom. The molecule has 1 aromatic rings. The van der Waals surface area contributed by atoms with Crippen molar-refractivity contribution in [1.82, 2.24) is 0 Å². The van der Waals surface area contributed by atoms with Crippen LogP contribution in [-0.4, -0.2) is 30.4 Å². The molecule has 0 fully saturated rings. The summed E-state index contributed by atoms with van der Waals surface area (Å²) in [7, 11) is -3.55. The Kier molecular flexibility index (Phi) is 4.66. The molecule has 20 heavy (non-hydrogen) atoms. The summed E-state index contributed by atoms with van der Waals surface area (Å²) >= 11 is 0. The Morgan fingerprint density at radius 3 is 2.55 bits per heavy atom. The van der Waals surface area contributed by atoms with Crippen molar-refractivity contribution in [2.45, 2.75) is 19.1 Å². The number of ether oxygens (including phenoxy) is 1. The lowest BCUT2D eigenvalue weighted by Crippen LogP contribution is -2.15. The van der Waals surface area contributed by atoms with Gasteiger partial charge in [0.2, 0.25) is 0 Å². The maximum Gasteiger partial charge on any atom is 0.511 e. The van der Waals surface area contributed by atoms with Crippen molar-refractivity contribution in [3.8, 4) is 5.75 Å². The number of non-ortho nitro benzene ring substituents is 1. The maximum absolute atomic E-state index is 11.8. The van der Waals surface area contributed by atoms with Crippen LogP contribution < -0.4 is 4.74 Å². The second kappa shape index (κ2) is 5.87. The minimum atomic E-state index is -3.55. The highest BCUT2D eigenvalue weighted by Gasteiger charge is 2.26. The Bertz CT molecular complexity index is 638. The van der Waals surface area contributed by atoms with E-state index in [4.69, 9.17) is 5.11 Å². The maximum atomic E-state index is 11.8. The SMILES string of the molecule is CCS(=O)(=O)C(C)c1cc([N+](=O)[O-])ccc1OC(=O)O. The first-order chi connectivity index (χ1) is 9.19.